The summed E-state index contributed by atoms with van der Waals surface area (Å²) in [7, 11) is 0. The molecule has 1 aliphatic rings. The number of ether oxygens (including phenoxy) is 1. The molecule has 0 saturated heterocycles. The van der Waals surface area contributed by atoms with Gasteiger partial charge in [0.05, 0.1) is 34.7 Å². The van der Waals surface area contributed by atoms with Gasteiger partial charge in [0.25, 0.3) is 0 Å². The van der Waals surface area contributed by atoms with Crippen LogP contribution >= 0.6 is 11.3 Å². The summed E-state index contributed by atoms with van der Waals surface area (Å²) in [6.07, 6.45) is 6.28. The molecule has 0 bridgehead atoms. The molecule has 1 aliphatic heterocycles. The number of allylic oxidation sites excluding steroid dienone is 1. The molecule has 0 aromatic carbocycles. The number of aryl methyl sites for hydroxylation is 1. The number of hydrogen-bond donors (Lipinski definition) is 2. The van der Waals surface area contributed by atoms with Crippen molar-refractivity contribution in [2.24, 2.45) is 17.3 Å². The van der Waals surface area contributed by atoms with Crippen molar-refractivity contribution in [1.82, 2.24) is 4.98 Å². The number of aliphatic hydroxyl groups is 2. The molecule has 0 aliphatic carbocycles. The zero-order valence-electron chi connectivity index (χ0n) is 20.7. The summed E-state index contributed by atoms with van der Waals surface area (Å²) >= 11 is 1.56. The van der Waals surface area contributed by atoms with Gasteiger partial charge in [-0.05, 0) is 50.7 Å². The van der Waals surface area contributed by atoms with Gasteiger partial charge in [0.1, 0.15) is 11.9 Å². The largest absolute Gasteiger partial charge is 0.457 e. The second kappa shape index (κ2) is 12.0. The van der Waals surface area contributed by atoms with Crippen LogP contribution in [0.25, 0.3) is 6.08 Å². The molecular weight excluding hydrogens is 438 g/mol. The van der Waals surface area contributed by atoms with E-state index < -0.39 is 35.6 Å². The van der Waals surface area contributed by atoms with Gasteiger partial charge in [-0.3, -0.25) is 9.59 Å². The summed E-state index contributed by atoms with van der Waals surface area (Å²) in [6, 6.07) is 0. The van der Waals surface area contributed by atoms with Crippen LogP contribution in [0.5, 0.6) is 0 Å². The monoisotopic (exact) mass is 477 g/mol. The molecule has 0 radical (unpaired) electrons. The minimum atomic E-state index is -1.21. The maximum atomic E-state index is 13.1. The van der Waals surface area contributed by atoms with Crippen molar-refractivity contribution in [3.63, 3.8) is 0 Å². The van der Waals surface area contributed by atoms with Crippen molar-refractivity contribution >= 4 is 29.2 Å². The van der Waals surface area contributed by atoms with Crippen LogP contribution in [0.15, 0.2) is 23.1 Å². The summed E-state index contributed by atoms with van der Waals surface area (Å²) in [5.74, 6) is -1.48. The molecule has 7 heteroatoms. The molecule has 0 saturated carbocycles. The molecule has 2 rings (SSSR count). The van der Waals surface area contributed by atoms with E-state index in [4.69, 9.17) is 4.74 Å². The number of carbonyl (C=O) groups excluding carboxylic acids is 2. The molecule has 2 heterocycles. The highest BCUT2D eigenvalue weighted by Crippen LogP contribution is 2.32. The Kier molecular flexibility index (Phi) is 10.0. The third-order valence-corrected chi connectivity index (χ3v) is 7.47. The molecule has 1 unspecified atom stereocenters. The zero-order valence-corrected chi connectivity index (χ0v) is 21.5. The van der Waals surface area contributed by atoms with Gasteiger partial charge >= 0.3 is 5.97 Å². The Morgan fingerprint density at radius 3 is 2.58 bits per heavy atom. The van der Waals surface area contributed by atoms with E-state index in [1.807, 2.05) is 38.3 Å². The first kappa shape index (κ1) is 27.4. The number of aliphatic hydroxyl groups excluding tert-OH is 2. The Hall–Kier alpha value is -1.83. The number of ketones is 1. The molecule has 1 aromatic rings. The maximum absolute atomic E-state index is 13.1. The van der Waals surface area contributed by atoms with Crippen LogP contribution in [-0.2, 0) is 14.3 Å². The quantitative estimate of drug-likeness (QED) is 0.466. The van der Waals surface area contributed by atoms with Crippen molar-refractivity contribution in [2.75, 3.05) is 0 Å². The van der Waals surface area contributed by atoms with E-state index in [0.717, 1.165) is 35.5 Å². The Bertz CT molecular complexity index is 872. The number of thiazole rings is 1. The Labute approximate surface area is 201 Å². The van der Waals surface area contributed by atoms with Crippen molar-refractivity contribution < 1.29 is 24.5 Å². The maximum Gasteiger partial charge on any atom is 0.309 e. The van der Waals surface area contributed by atoms with E-state index in [2.05, 4.69) is 11.1 Å². The Morgan fingerprint density at radius 1 is 1.24 bits per heavy atom. The lowest BCUT2D eigenvalue weighted by molar-refractivity contribution is -0.154. The van der Waals surface area contributed by atoms with Crippen molar-refractivity contribution in [3.05, 3.63) is 33.8 Å². The smallest absolute Gasteiger partial charge is 0.309 e. The van der Waals surface area contributed by atoms with E-state index in [1.54, 1.807) is 32.1 Å². The minimum Gasteiger partial charge on any atom is -0.457 e. The van der Waals surface area contributed by atoms with Crippen LogP contribution in [0, 0.1) is 24.2 Å². The normalized spacial score (nSPS) is 31.8. The van der Waals surface area contributed by atoms with Gasteiger partial charge in [0.2, 0.25) is 0 Å². The number of esters is 1. The van der Waals surface area contributed by atoms with Crippen LogP contribution < -0.4 is 0 Å². The van der Waals surface area contributed by atoms with E-state index in [1.165, 1.54) is 0 Å². The highest BCUT2D eigenvalue weighted by Gasteiger charge is 2.42. The van der Waals surface area contributed by atoms with Crippen LogP contribution in [0.1, 0.15) is 77.4 Å². The number of nitrogens with zero attached hydrogens (tertiary/aromatic N) is 1. The molecule has 2 N–H and O–H groups in total. The van der Waals surface area contributed by atoms with Crippen molar-refractivity contribution in [1.29, 1.82) is 0 Å². The van der Waals surface area contributed by atoms with Crippen LogP contribution in [0.2, 0.25) is 0 Å². The van der Waals surface area contributed by atoms with E-state index in [9.17, 15) is 19.8 Å². The first-order chi connectivity index (χ1) is 15.4. The fourth-order valence-corrected chi connectivity index (χ4v) is 4.75. The number of aromatic nitrogens is 1. The standard InChI is InChI=1S/C26H39NO5S/c1-16-11-9-7-8-10-12-21(17(2)13-20-15-33-19(4)27-20)32-23(29)14-22(28)26(5,6)25(31)18(3)24(16)30/h8,10,13,15-16,18,21-22,24,28,30H,7,9,11-12,14H2,1-6H3/b10-8-,17-13+/t16-,18-,21-,22-,24?/m0/s1. The SMILES string of the molecule is C/C(=C\c1csc(C)n1)[C@@H]1C/C=C\CCC[C@H](C)C(O)[C@H](C)C(=O)C(C)(C)[C@@H](O)CC(=O)O1. The summed E-state index contributed by atoms with van der Waals surface area (Å²) in [6.45, 7) is 10.8. The minimum absolute atomic E-state index is 0.0392. The van der Waals surface area contributed by atoms with Gasteiger partial charge in [0, 0.05) is 17.7 Å². The highest BCUT2D eigenvalue weighted by atomic mass is 32.1. The van der Waals surface area contributed by atoms with E-state index in [0.29, 0.717) is 6.42 Å². The number of carbonyl (C=O) groups is 2. The van der Waals surface area contributed by atoms with Crippen molar-refractivity contribution in [2.45, 2.75) is 92.0 Å². The lowest BCUT2D eigenvalue weighted by Crippen LogP contribution is -2.45. The molecule has 1 aromatic heterocycles. The fourth-order valence-electron chi connectivity index (χ4n) is 4.18. The Balaban J connectivity index is 2.27. The number of hydrogen-bond acceptors (Lipinski definition) is 7. The topological polar surface area (TPSA) is 96.7 Å². The first-order valence-corrected chi connectivity index (χ1v) is 12.7. The zero-order chi connectivity index (χ0) is 24.8. The van der Waals surface area contributed by atoms with E-state index >= 15 is 0 Å². The molecule has 6 nitrogen and oxygen atoms in total. The van der Waals surface area contributed by atoms with Gasteiger partial charge in [-0.2, -0.15) is 0 Å². The van der Waals surface area contributed by atoms with Crippen LogP contribution in [0.3, 0.4) is 0 Å². The molecule has 184 valence electrons. The van der Waals surface area contributed by atoms with Gasteiger partial charge < -0.3 is 14.9 Å². The fraction of sp³-hybridized carbons (Fsp3) is 0.654. The average molecular weight is 478 g/mol. The van der Waals surface area contributed by atoms with Crippen LogP contribution in [-0.4, -0.2) is 45.3 Å². The summed E-state index contributed by atoms with van der Waals surface area (Å²) in [5.41, 5.74) is 0.513. The van der Waals surface area contributed by atoms with Gasteiger partial charge in [-0.1, -0.05) is 39.8 Å². The summed E-state index contributed by atoms with van der Waals surface area (Å²) < 4.78 is 5.75. The lowest BCUT2D eigenvalue weighted by Gasteiger charge is -2.34. The predicted octanol–water partition coefficient (Wildman–Crippen LogP) is 4.88. The third-order valence-electron chi connectivity index (χ3n) is 6.68. The van der Waals surface area contributed by atoms with Gasteiger partial charge in [-0.25, -0.2) is 4.98 Å². The molecule has 5 atom stereocenters. The second-order valence-electron chi connectivity index (χ2n) is 9.86. The summed E-state index contributed by atoms with van der Waals surface area (Å²) in [4.78, 5) is 30.3. The third kappa shape index (κ3) is 7.59. The average Bonchev–Trinajstić information content (AvgIpc) is 3.16. The molecule has 0 amide bonds. The van der Waals surface area contributed by atoms with E-state index in [-0.39, 0.29) is 18.1 Å². The van der Waals surface area contributed by atoms with Gasteiger partial charge in [0.15, 0.2) is 0 Å². The number of Topliss-reactive ketones (excluding diaryl/α,β-unsaturated/α-hetero) is 1. The second-order valence-corrected chi connectivity index (χ2v) is 10.9. The first-order valence-electron chi connectivity index (χ1n) is 11.8. The Morgan fingerprint density at radius 2 is 1.94 bits per heavy atom. The van der Waals surface area contributed by atoms with Crippen LogP contribution in [0.4, 0.5) is 0 Å². The number of rotatable bonds is 2. The number of cyclic esters (lactones) is 1. The van der Waals surface area contributed by atoms with Crippen molar-refractivity contribution in [3.8, 4) is 0 Å². The highest BCUT2D eigenvalue weighted by molar-refractivity contribution is 7.09. The molecule has 33 heavy (non-hydrogen) atoms. The molecule has 0 fully saturated rings. The molecular formula is C26H39NO5S. The lowest BCUT2D eigenvalue weighted by atomic mass is 9.73. The predicted molar refractivity (Wildman–Crippen MR) is 132 cm³/mol. The van der Waals surface area contributed by atoms with Gasteiger partial charge in [-0.15, -0.1) is 11.3 Å². The molecule has 0 spiro atoms. The summed E-state index contributed by atoms with van der Waals surface area (Å²) in [5, 5.41) is 24.4.